The van der Waals surface area contributed by atoms with Gasteiger partial charge < -0.3 is 14.5 Å². The highest BCUT2D eigenvalue weighted by Crippen LogP contribution is 2.24. The van der Waals surface area contributed by atoms with Crippen LogP contribution in [-0.2, 0) is 11.3 Å². The molecule has 2 aromatic heterocycles. The second-order valence-corrected chi connectivity index (χ2v) is 8.22. The number of piperazine rings is 1. The monoisotopic (exact) mass is 491 g/mol. The van der Waals surface area contributed by atoms with Crippen LogP contribution in [-0.4, -0.2) is 68.8 Å². The van der Waals surface area contributed by atoms with Crippen LogP contribution in [0.5, 0.6) is 5.75 Å². The highest BCUT2D eigenvalue weighted by atomic mass is 19.1. The highest BCUT2D eigenvalue weighted by Gasteiger charge is 2.24. The Morgan fingerprint density at radius 2 is 1.47 bits per heavy atom. The molecule has 3 heterocycles. The summed E-state index contributed by atoms with van der Waals surface area (Å²) >= 11 is 0. The van der Waals surface area contributed by atoms with Gasteiger partial charge in [0.15, 0.2) is 17.4 Å². The number of halogens is 2. The number of carbonyl (C=O) groups is 1. The molecule has 1 fully saturated rings. The van der Waals surface area contributed by atoms with Gasteiger partial charge in [-0.3, -0.25) is 4.79 Å². The first-order valence-electron chi connectivity index (χ1n) is 11.4. The van der Waals surface area contributed by atoms with Gasteiger partial charge in [0, 0.05) is 37.3 Å². The van der Waals surface area contributed by atoms with Gasteiger partial charge in [-0.15, -0.1) is 5.10 Å². The zero-order valence-electron chi connectivity index (χ0n) is 19.5. The summed E-state index contributed by atoms with van der Waals surface area (Å²) in [7, 11) is 1.56. The van der Waals surface area contributed by atoms with Crippen LogP contribution in [0.4, 0.5) is 14.7 Å². The lowest BCUT2D eigenvalue weighted by Gasteiger charge is -2.34. The summed E-state index contributed by atoms with van der Waals surface area (Å²) in [5.41, 5.74) is 1.23. The van der Waals surface area contributed by atoms with Gasteiger partial charge in [0.1, 0.15) is 18.2 Å². The Labute approximate surface area is 206 Å². The van der Waals surface area contributed by atoms with Gasteiger partial charge in [0.2, 0.25) is 11.9 Å². The molecule has 2 aromatic carbocycles. The molecular weight excluding hydrogens is 468 g/mol. The van der Waals surface area contributed by atoms with E-state index in [1.807, 2.05) is 4.90 Å². The molecule has 11 heteroatoms. The number of anilines is 1. The Morgan fingerprint density at radius 1 is 0.889 bits per heavy atom. The second kappa shape index (κ2) is 10.1. The maximum absolute atomic E-state index is 13.5. The molecule has 4 aromatic rings. The third-order valence-electron chi connectivity index (χ3n) is 5.93. The van der Waals surface area contributed by atoms with Crippen LogP contribution in [0.1, 0.15) is 0 Å². The maximum Gasteiger partial charge on any atom is 0.244 e. The molecule has 0 unspecified atom stereocenters. The molecule has 0 bridgehead atoms. The van der Waals surface area contributed by atoms with E-state index in [0.29, 0.717) is 60.7 Å². The molecule has 5 rings (SSSR count). The highest BCUT2D eigenvalue weighted by molar-refractivity contribution is 5.77. The SMILES string of the molecule is COc1cnc(N2CCN(C(=O)Cn3nc(-c4ccc(F)cc4)nc3-c3ccc(F)cc3)CC2)nc1. The summed E-state index contributed by atoms with van der Waals surface area (Å²) in [6, 6.07) is 11.6. The fourth-order valence-corrected chi connectivity index (χ4v) is 3.95. The lowest BCUT2D eigenvalue weighted by molar-refractivity contribution is -0.132. The van der Waals surface area contributed by atoms with Crippen molar-refractivity contribution >= 4 is 11.9 Å². The van der Waals surface area contributed by atoms with Gasteiger partial charge in [0.25, 0.3) is 0 Å². The van der Waals surface area contributed by atoms with Crippen molar-refractivity contribution in [3.05, 3.63) is 72.6 Å². The van der Waals surface area contributed by atoms with Crippen LogP contribution in [0, 0.1) is 11.6 Å². The molecule has 0 spiro atoms. The molecule has 1 amide bonds. The predicted octanol–water partition coefficient (Wildman–Crippen LogP) is 3.04. The number of aromatic nitrogens is 5. The minimum absolute atomic E-state index is 0.0417. The molecule has 0 radical (unpaired) electrons. The van der Waals surface area contributed by atoms with E-state index in [9.17, 15) is 13.6 Å². The van der Waals surface area contributed by atoms with Crippen molar-refractivity contribution in [3.8, 4) is 28.5 Å². The average molecular weight is 492 g/mol. The lowest BCUT2D eigenvalue weighted by atomic mass is 10.2. The van der Waals surface area contributed by atoms with Gasteiger partial charge in [-0.2, -0.15) is 0 Å². The predicted molar refractivity (Wildman–Crippen MR) is 128 cm³/mol. The van der Waals surface area contributed by atoms with E-state index in [1.54, 1.807) is 48.7 Å². The lowest BCUT2D eigenvalue weighted by Crippen LogP contribution is -2.50. The zero-order valence-corrected chi connectivity index (χ0v) is 19.5. The van der Waals surface area contributed by atoms with E-state index >= 15 is 0 Å². The average Bonchev–Trinajstić information content (AvgIpc) is 3.33. The molecule has 0 aliphatic carbocycles. The molecule has 184 valence electrons. The zero-order chi connectivity index (χ0) is 25.1. The number of hydrogen-bond donors (Lipinski definition) is 0. The van der Waals surface area contributed by atoms with Crippen LogP contribution in [0.2, 0.25) is 0 Å². The first-order valence-corrected chi connectivity index (χ1v) is 11.4. The number of hydrogen-bond acceptors (Lipinski definition) is 7. The Morgan fingerprint density at radius 3 is 2.06 bits per heavy atom. The summed E-state index contributed by atoms with van der Waals surface area (Å²) in [5, 5.41) is 4.52. The summed E-state index contributed by atoms with van der Waals surface area (Å²) in [4.78, 5) is 30.2. The number of benzene rings is 2. The smallest absolute Gasteiger partial charge is 0.244 e. The Balaban J connectivity index is 1.33. The fraction of sp³-hybridized carbons (Fsp3) is 0.240. The molecule has 9 nitrogen and oxygen atoms in total. The Bertz CT molecular complexity index is 1330. The van der Waals surface area contributed by atoms with Crippen LogP contribution in [0.15, 0.2) is 60.9 Å². The first kappa shape index (κ1) is 23.3. The number of carbonyl (C=O) groups excluding carboxylic acids is 1. The summed E-state index contributed by atoms with van der Waals surface area (Å²) in [6.07, 6.45) is 3.22. The van der Waals surface area contributed by atoms with E-state index in [2.05, 4.69) is 20.1 Å². The van der Waals surface area contributed by atoms with Gasteiger partial charge in [0.05, 0.1) is 19.5 Å². The molecule has 36 heavy (non-hydrogen) atoms. The fourth-order valence-electron chi connectivity index (χ4n) is 3.95. The number of amides is 1. The molecule has 1 saturated heterocycles. The topological polar surface area (TPSA) is 89.3 Å². The minimum Gasteiger partial charge on any atom is -0.494 e. The number of methoxy groups -OCH3 is 1. The van der Waals surface area contributed by atoms with E-state index in [0.717, 1.165) is 0 Å². The van der Waals surface area contributed by atoms with Crippen molar-refractivity contribution in [2.24, 2.45) is 0 Å². The van der Waals surface area contributed by atoms with Crippen LogP contribution >= 0.6 is 0 Å². The van der Waals surface area contributed by atoms with Gasteiger partial charge >= 0.3 is 0 Å². The van der Waals surface area contributed by atoms with Gasteiger partial charge in [-0.05, 0) is 48.5 Å². The van der Waals surface area contributed by atoms with Crippen molar-refractivity contribution in [2.75, 3.05) is 38.2 Å². The number of ether oxygens (including phenoxy) is 1. The second-order valence-electron chi connectivity index (χ2n) is 8.22. The summed E-state index contributed by atoms with van der Waals surface area (Å²) < 4.78 is 33.5. The molecular formula is C25H23F2N7O2. The van der Waals surface area contributed by atoms with Crippen LogP contribution in [0.25, 0.3) is 22.8 Å². The van der Waals surface area contributed by atoms with E-state index < -0.39 is 0 Å². The molecule has 1 aliphatic heterocycles. The number of rotatable bonds is 6. The number of nitrogens with zero attached hydrogens (tertiary/aromatic N) is 7. The first-order chi connectivity index (χ1) is 17.5. The summed E-state index contributed by atoms with van der Waals surface area (Å²) in [6.45, 7) is 2.13. The molecule has 0 saturated carbocycles. The van der Waals surface area contributed by atoms with Crippen molar-refractivity contribution in [3.63, 3.8) is 0 Å². The van der Waals surface area contributed by atoms with Crippen molar-refractivity contribution in [1.29, 1.82) is 0 Å². The van der Waals surface area contributed by atoms with Crippen LogP contribution in [0.3, 0.4) is 0 Å². The van der Waals surface area contributed by atoms with E-state index in [1.165, 1.54) is 28.9 Å². The summed E-state index contributed by atoms with van der Waals surface area (Å²) in [5.74, 6) is 1.07. The normalized spacial score (nSPS) is 13.6. The third-order valence-corrected chi connectivity index (χ3v) is 5.93. The van der Waals surface area contributed by atoms with E-state index in [4.69, 9.17) is 4.74 Å². The standard InChI is InChI=1S/C25H23F2N7O2/c1-36-21-14-28-25(29-15-21)33-12-10-32(11-13-33)22(35)16-34-24(18-4-8-20(27)9-5-18)30-23(31-34)17-2-6-19(26)7-3-17/h2-9,14-15H,10-13,16H2,1H3. The minimum atomic E-state index is -0.377. The Kier molecular flexibility index (Phi) is 6.52. The molecule has 0 N–H and O–H groups in total. The van der Waals surface area contributed by atoms with Crippen molar-refractivity contribution < 1.29 is 18.3 Å². The molecule has 1 aliphatic rings. The quantitative estimate of drug-likeness (QED) is 0.410. The van der Waals surface area contributed by atoms with E-state index in [-0.39, 0.29) is 24.1 Å². The van der Waals surface area contributed by atoms with Gasteiger partial charge in [-0.1, -0.05) is 0 Å². The van der Waals surface area contributed by atoms with Crippen molar-refractivity contribution in [1.82, 2.24) is 29.6 Å². The van der Waals surface area contributed by atoms with Gasteiger partial charge in [-0.25, -0.2) is 28.4 Å². The maximum atomic E-state index is 13.5. The van der Waals surface area contributed by atoms with Crippen LogP contribution < -0.4 is 9.64 Å². The molecule has 0 atom stereocenters. The Hall–Kier alpha value is -4.41. The third kappa shape index (κ3) is 4.99. The largest absolute Gasteiger partial charge is 0.494 e. The van der Waals surface area contributed by atoms with Crippen molar-refractivity contribution in [2.45, 2.75) is 6.54 Å².